The molecule has 0 spiro atoms. The van der Waals surface area contributed by atoms with E-state index in [4.69, 9.17) is 0 Å². The van der Waals surface area contributed by atoms with Crippen LogP contribution >= 0.6 is 7.75 Å². The zero-order valence-corrected chi connectivity index (χ0v) is 15.2. The summed E-state index contributed by atoms with van der Waals surface area (Å²) in [6, 6.07) is 28.9. The van der Waals surface area contributed by atoms with E-state index in [-0.39, 0.29) is 5.92 Å². The van der Waals surface area contributed by atoms with Crippen LogP contribution < -0.4 is 5.09 Å². The van der Waals surface area contributed by atoms with Gasteiger partial charge in [-0.1, -0.05) is 91.0 Å². The molecule has 0 radical (unpaired) electrons. The molecule has 0 aromatic heterocycles. The van der Waals surface area contributed by atoms with Crippen LogP contribution in [0, 0.1) is 0 Å². The Bertz CT molecular complexity index is 811. The first kappa shape index (κ1) is 18.6. The zero-order valence-electron chi connectivity index (χ0n) is 14.3. The quantitative estimate of drug-likeness (QED) is 0.550. The molecule has 3 rings (SSSR count). The molecule has 134 valence electrons. The van der Waals surface area contributed by atoms with Crippen molar-refractivity contribution in [3.05, 3.63) is 108 Å². The van der Waals surface area contributed by atoms with Crippen LogP contribution in [0.15, 0.2) is 91.0 Å². The molecule has 3 aromatic carbocycles. The van der Waals surface area contributed by atoms with Gasteiger partial charge >= 0.3 is 7.75 Å². The third kappa shape index (κ3) is 5.13. The molecule has 3 aromatic rings. The number of hydrogen-bond donors (Lipinski definition) is 3. The summed E-state index contributed by atoms with van der Waals surface area (Å²) in [7, 11) is -4.40. The maximum atomic E-state index is 11.8. The maximum absolute atomic E-state index is 11.8. The van der Waals surface area contributed by atoms with Gasteiger partial charge in [0, 0.05) is 12.0 Å². The van der Waals surface area contributed by atoms with Crippen molar-refractivity contribution < 1.29 is 14.4 Å². The number of hydrogen-bond acceptors (Lipinski definition) is 1. The normalized spacial score (nSPS) is 12.9. The van der Waals surface area contributed by atoms with Gasteiger partial charge in [-0.15, -0.1) is 0 Å². The summed E-state index contributed by atoms with van der Waals surface area (Å²) in [6.07, 6.45) is 0.500. The summed E-state index contributed by atoms with van der Waals surface area (Å²) >= 11 is 0. The Kier molecular flexibility index (Phi) is 6.02. The first-order valence-corrected chi connectivity index (χ1v) is 10.1. The first-order valence-electron chi connectivity index (χ1n) is 8.50. The molecule has 0 saturated carbocycles. The Morgan fingerprint density at radius 3 is 1.58 bits per heavy atom. The Morgan fingerprint density at radius 1 is 0.731 bits per heavy atom. The van der Waals surface area contributed by atoms with Gasteiger partial charge in [-0.05, 0) is 23.1 Å². The third-order valence-electron chi connectivity index (χ3n) is 4.35. The van der Waals surface area contributed by atoms with Gasteiger partial charge in [0.15, 0.2) is 0 Å². The number of benzene rings is 3. The van der Waals surface area contributed by atoms with E-state index < -0.39 is 13.8 Å². The standard InChI is InChI=1S/C21H22NO3P/c23-26(24,25)22-20(16-17-10-4-1-5-11-17)21(18-12-6-2-7-13-18)19-14-8-3-9-15-19/h1-15,20-21H,16H2,(H3,22,23,24,25). The van der Waals surface area contributed by atoms with Crippen LogP contribution in [0.5, 0.6) is 0 Å². The minimum absolute atomic E-state index is 0.190. The van der Waals surface area contributed by atoms with Gasteiger partial charge in [-0.3, -0.25) is 0 Å². The second-order valence-electron chi connectivity index (χ2n) is 6.27. The van der Waals surface area contributed by atoms with Gasteiger partial charge in [0.2, 0.25) is 0 Å². The average molecular weight is 367 g/mol. The van der Waals surface area contributed by atoms with Gasteiger partial charge in [0.05, 0.1) is 0 Å². The summed E-state index contributed by atoms with van der Waals surface area (Å²) in [5, 5.41) is 2.57. The summed E-state index contributed by atoms with van der Waals surface area (Å²) in [5.74, 6) is -0.190. The molecule has 0 aliphatic rings. The predicted octanol–water partition coefficient (Wildman–Crippen LogP) is 4.11. The van der Waals surface area contributed by atoms with Crippen molar-refractivity contribution in [1.29, 1.82) is 0 Å². The molecular formula is C21H22NO3P. The van der Waals surface area contributed by atoms with Crippen LogP contribution in [-0.2, 0) is 11.0 Å². The van der Waals surface area contributed by atoms with Crippen LogP contribution in [0.25, 0.3) is 0 Å². The Balaban J connectivity index is 2.04. The summed E-state index contributed by atoms with van der Waals surface area (Å²) in [6.45, 7) is 0. The van der Waals surface area contributed by atoms with E-state index in [1.165, 1.54) is 0 Å². The van der Waals surface area contributed by atoms with Gasteiger partial charge in [-0.2, -0.15) is 0 Å². The molecule has 0 aliphatic heterocycles. The summed E-state index contributed by atoms with van der Waals surface area (Å²) < 4.78 is 11.8. The van der Waals surface area contributed by atoms with E-state index in [2.05, 4.69) is 5.09 Å². The molecule has 0 saturated heterocycles. The highest BCUT2D eigenvalue weighted by atomic mass is 31.2. The second-order valence-corrected chi connectivity index (χ2v) is 7.61. The lowest BCUT2D eigenvalue weighted by Crippen LogP contribution is -2.35. The molecule has 0 bridgehead atoms. The van der Waals surface area contributed by atoms with E-state index in [9.17, 15) is 14.4 Å². The van der Waals surface area contributed by atoms with Crippen LogP contribution in [0.1, 0.15) is 22.6 Å². The fourth-order valence-corrected chi connectivity index (χ4v) is 3.97. The number of rotatable bonds is 7. The van der Waals surface area contributed by atoms with Crippen LogP contribution in [0.4, 0.5) is 0 Å². The van der Waals surface area contributed by atoms with Crippen LogP contribution in [0.3, 0.4) is 0 Å². The molecule has 4 nitrogen and oxygen atoms in total. The van der Waals surface area contributed by atoms with Crippen LogP contribution in [-0.4, -0.2) is 15.8 Å². The lowest BCUT2D eigenvalue weighted by molar-refractivity contribution is 0.341. The molecule has 1 unspecified atom stereocenters. The SMILES string of the molecule is O=P(O)(O)NC(Cc1ccccc1)C(c1ccccc1)c1ccccc1. The molecule has 0 amide bonds. The van der Waals surface area contributed by atoms with Gasteiger partial charge in [0.25, 0.3) is 0 Å². The predicted molar refractivity (Wildman–Crippen MR) is 104 cm³/mol. The van der Waals surface area contributed by atoms with Crippen molar-refractivity contribution in [2.75, 3.05) is 0 Å². The number of nitrogens with one attached hydrogen (secondary N) is 1. The van der Waals surface area contributed by atoms with Crippen molar-refractivity contribution in [2.45, 2.75) is 18.4 Å². The topological polar surface area (TPSA) is 69.6 Å². The molecule has 0 heterocycles. The fourth-order valence-electron chi connectivity index (χ4n) is 3.30. The van der Waals surface area contributed by atoms with E-state index >= 15 is 0 Å². The van der Waals surface area contributed by atoms with E-state index in [0.717, 1.165) is 16.7 Å². The first-order chi connectivity index (χ1) is 12.5. The molecule has 1 atom stereocenters. The van der Waals surface area contributed by atoms with Crippen molar-refractivity contribution in [3.63, 3.8) is 0 Å². The van der Waals surface area contributed by atoms with Gasteiger partial charge < -0.3 is 9.79 Å². The molecular weight excluding hydrogens is 345 g/mol. The highest BCUT2D eigenvalue weighted by Gasteiger charge is 2.30. The average Bonchev–Trinajstić information content (AvgIpc) is 2.63. The fraction of sp³-hybridized carbons (Fsp3) is 0.143. The zero-order chi connectivity index (χ0) is 18.4. The lowest BCUT2D eigenvalue weighted by atomic mass is 9.83. The Hall–Kier alpha value is -2.23. The third-order valence-corrected chi connectivity index (χ3v) is 5.02. The highest BCUT2D eigenvalue weighted by molar-refractivity contribution is 7.49. The van der Waals surface area contributed by atoms with Gasteiger partial charge in [-0.25, -0.2) is 9.65 Å². The summed E-state index contributed by atoms with van der Waals surface area (Å²) in [4.78, 5) is 19.2. The molecule has 0 fully saturated rings. The van der Waals surface area contributed by atoms with Crippen molar-refractivity contribution >= 4 is 7.75 Å². The van der Waals surface area contributed by atoms with Gasteiger partial charge in [0.1, 0.15) is 0 Å². The largest absolute Gasteiger partial charge is 0.400 e. The van der Waals surface area contributed by atoms with Crippen molar-refractivity contribution in [1.82, 2.24) is 5.09 Å². The molecule has 26 heavy (non-hydrogen) atoms. The van der Waals surface area contributed by atoms with E-state index in [1.54, 1.807) is 0 Å². The second kappa shape index (κ2) is 8.43. The lowest BCUT2D eigenvalue weighted by Gasteiger charge is -2.29. The molecule has 3 N–H and O–H groups in total. The summed E-state index contributed by atoms with van der Waals surface area (Å²) in [5.41, 5.74) is 3.05. The van der Waals surface area contributed by atoms with E-state index in [0.29, 0.717) is 6.42 Å². The smallest absolute Gasteiger partial charge is 0.313 e. The Morgan fingerprint density at radius 2 is 1.15 bits per heavy atom. The maximum Gasteiger partial charge on any atom is 0.400 e. The van der Waals surface area contributed by atoms with Crippen LogP contribution in [0.2, 0.25) is 0 Å². The minimum Gasteiger partial charge on any atom is -0.313 e. The molecule has 0 aliphatic carbocycles. The Labute approximate surface area is 153 Å². The minimum atomic E-state index is -4.40. The monoisotopic (exact) mass is 367 g/mol. The van der Waals surface area contributed by atoms with E-state index in [1.807, 2.05) is 91.0 Å². The highest BCUT2D eigenvalue weighted by Crippen LogP contribution is 2.37. The van der Waals surface area contributed by atoms with Crippen molar-refractivity contribution in [2.24, 2.45) is 0 Å². The molecule has 5 heteroatoms. The van der Waals surface area contributed by atoms with Crippen molar-refractivity contribution in [3.8, 4) is 0 Å².